The number of likely N-dealkylation sites (tertiary alicyclic amines) is 1. The molecule has 3 aromatic rings. The van der Waals surface area contributed by atoms with Crippen LogP contribution in [0.4, 0.5) is 19.3 Å². The van der Waals surface area contributed by atoms with Gasteiger partial charge in [0.1, 0.15) is 0 Å². The van der Waals surface area contributed by atoms with E-state index in [4.69, 9.17) is 16.1 Å². The number of hydrogen-bond donors (Lipinski definition) is 1. The normalized spacial score (nSPS) is 19.2. The second-order valence-corrected chi connectivity index (χ2v) is 7.09. The molecular weight excluding hydrogens is 404 g/mol. The summed E-state index contributed by atoms with van der Waals surface area (Å²) in [6.07, 6.45) is 3.64. The van der Waals surface area contributed by atoms with Crippen molar-refractivity contribution in [1.29, 1.82) is 0 Å². The highest BCUT2D eigenvalue weighted by Crippen LogP contribution is 2.36. The molecule has 1 unspecified atom stereocenters. The summed E-state index contributed by atoms with van der Waals surface area (Å²) in [5.74, 6) is -0.737. The van der Waals surface area contributed by atoms with Crippen LogP contribution in [0.15, 0.2) is 47.2 Å². The van der Waals surface area contributed by atoms with E-state index in [0.29, 0.717) is 18.5 Å². The van der Waals surface area contributed by atoms with Gasteiger partial charge in [0.05, 0.1) is 17.3 Å². The van der Waals surface area contributed by atoms with Gasteiger partial charge in [-0.05, 0) is 37.1 Å². The van der Waals surface area contributed by atoms with Crippen LogP contribution in [0.3, 0.4) is 0 Å². The standard InChI is InChI=1S/C19H16ClF2N5O2/c20-13-5-1-6-14(15(13)21)24-18(28)27-9-3-7-19(22,11-27)17-25-16(26-29-17)12-4-2-8-23-10-12/h1-2,4-6,8,10H,3,7,9,11H2,(H,24,28). The van der Waals surface area contributed by atoms with Crippen LogP contribution in [-0.4, -0.2) is 39.1 Å². The largest absolute Gasteiger partial charge is 0.335 e. The number of urea groups is 1. The number of carbonyl (C=O) groups excluding carboxylic acids is 1. The maximum absolute atomic E-state index is 15.6. The third kappa shape index (κ3) is 3.91. The third-order valence-corrected chi connectivity index (χ3v) is 4.94. The number of piperidine rings is 1. The molecule has 0 radical (unpaired) electrons. The molecule has 7 nitrogen and oxygen atoms in total. The third-order valence-electron chi connectivity index (χ3n) is 4.65. The first-order valence-corrected chi connectivity index (χ1v) is 9.27. The molecule has 4 rings (SSSR count). The summed E-state index contributed by atoms with van der Waals surface area (Å²) in [6.45, 7) is 0.0129. The Morgan fingerprint density at radius 3 is 2.97 bits per heavy atom. The lowest BCUT2D eigenvalue weighted by molar-refractivity contribution is 0.0333. The number of benzene rings is 1. The van der Waals surface area contributed by atoms with Crippen molar-refractivity contribution in [3.8, 4) is 11.4 Å². The molecule has 1 aliphatic heterocycles. The number of aromatic nitrogens is 3. The van der Waals surface area contributed by atoms with E-state index in [-0.39, 0.29) is 35.4 Å². The fourth-order valence-electron chi connectivity index (χ4n) is 3.17. The van der Waals surface area contributed by atoms with E-state index in [1.165, 1.54) is 23.1 Å². The van der Waals surface area contributed by atoms with E-state index in [2.05, 4.69) is 20.4 Å². The van der Waals surface area contributed by atoms with Crippen molar-refractivity contribution in [2.75, 3.05) is 18.4 Å². The molecule has 2 amide bonds. The summed E-state index contributed by atoms with van der Waals surface area (Å²) in [4.78, 5) is 21.9. The van der Waals surface area contributed by atoms with Gasteiger partial charge >= 0.3 is 6.03 Å². The Kier molecular flexibility index (Phi) is 5.14. The van der Waals surface area contributed by atoms with E-state index >= 15 is 4.39 Å². The predicted octanol–water partition coefficient (Wildman–Crippen LogP) is 4.42. The zero-order chi connectivity index (χ0) is 20.4. The van der Waals surface area contributed by atoms with Gasteiger partial charge in [-0.15, -0.1) is 0 Å². The lowest BCUT2D eigenvalue weighted by Crippen LogP contribution is -2.48. The smallest absolute Gasteiger partial charge is 0.322 e. The minimum atomic E-state index is -2.00. The van der Waals surface area contributed by atoms with Gasteiger partial charge in [0.15, 0.2) is 5.82 Å². The Morgan fingerprint density at radius 2 is 2.17 bits per heavy atom. The highest BCUT2D eigenvalue weighted by molar-refractivity contribution is 6.31. The minimum Gasteiger partial charge on any atom is -0.335 e. The number of rotatable bonds is 3. The second-order valence-electron chi connectivity index (χ2n) is 6.69. The number of nitrogens with zero attached hydrogens (tertiary/aromatic N) is 4. The molecule has 3 heterocycles. The number of nitrogens with one attached hydrogen (secondary N) is 1. The van der Waals surface area contributed by atoms with Crippen LogP contribution < -0.4 is 5.32 Å². The molecule has 0 aliphatic carbocycles. The van der Waals surface area contributed by atoms with Crippen LogP contribution in [-0.2, 0) is 5.67 Å². The van der Waals surface area contributed by atoms with Gasteiger partial charge in [-0.2, -0.15) is 4.98 Å². The van der Waals surface area contributed by atoms with Crippen molar-refractivity contribution < 1.29 is 18.1 Å². The summed E-state index contributed by atoms with van der Waals surface area (Å²) < 4.78 is 34.8. The number of alkyl halides is 1. The van der Waals surface area contributed by atoms with Gasteiger partial charge in [0.25, 0.3) is 5.89 Å². The molecular formula is C19H16ClF2N5O2. The molecule has 29 heavy (non-hydrogen) atoms. The average molecular weight is 420 g/mol. The van der Waals surface area contributed by atoms with Crippen molar-refractivity contribution in [3.63, 3.8) is 0 Å². The summed E-state index contributed by atoms with van der Waals surface area (Å²) in [7, 11) is 0. The van der Waals surface area contributed by atoms with Crippen molar-refractivity contribution in [2.45, 2.75) is 18.5 Å². The molecule has 0 bridgehead atoms. The molecule has 1 fully saturated rings. The van der Waals surface area contributed by atoms with E-state index in [9.17, 15) is 9.18 Å². The van der Waals surface area contributed by atoms with Crippen molar-refractivity contribution in [2.24, 2.45) is 0 Å². The van der Waals surface area contributed by atoms with Gasteiger partial charge in [-0.1, -0.05) is 22.8 Å². The monoisotopic (exact) mass is 419 g/mol. The van der Waals surface area contributed by atoms with Crippen LogP contribution in [0, 0.1) is 5.82 Å². The van der Waals surface area contributed by atoms with Gasteiger partial charge in [-0.3, -0.25) is 4.98 Å². The Bertz CT molecular complexity index is 1030. The quantitative estimate of drug-likeness (QED) is 0.679. The summed E-state index contributed by atoms with van der Waals surface area (Å²) in [5.41, 5.74) is -1.49. The van der Waals surface area contributed by atoms with E-state index in [1.54, 1.807) is 24.5 Å². The molecule has 1 aliphatic rings. The first-order valence-electron chi connectivity index (χ1n) is 8.90. The number of anilines is 1. The maximum atomic E-state index is 15.6. The van der Waals surface area contributed by atoms with Crippen molar-refractivity contribution >= 4 is 23.3 Å². The second kappa shape index (κ2) is 7.75. The highest BCUT2D eigenvalue weighted by Gasteiger charge is 2.44. The molecule has 0 spiro atoms. The van der Waals surface area contributed by atoms with E-state index in [0.717, 1.165) is 0 Å². The number of hydrogen-bond acceptors (Lipinski definition) is 5. The predicted molar refractivity (Wildman–Crippen MR) is 102 cm³/mol. The van der Waals surface area contributed by atoms with Crippen LogP contribution in [0.1, 0.15) is 18.7 Å². The Hall–Kier alpha value is -3.07. The van der Waals surface area contributed by atoms with E-state index < -0.39 is 17.5 Å². The topological polar surface area (TPSA) is 84.2 Å². The van der Waals surface area contributed by atoms with Crippen LogP contribution in [0.25, 0.3) is 11.4 Å². The fraction of sp³-hybridized carbons (Fsp3) is 0.263. The van der Waals surface area contributed by atoms with Crippen LogP contribution >= 0.6 is 11.6 Å². The number of carbonyl (C=O) groups is 1. The van der Waals surface area contributed by atoms with Crippen LogP contribution in [0.5, 0.6) is 0 Å². The Labute approximate surface area is 169 Å². The zero-order valence-electron chi connectivity index (χ0n) is 15.1. The lowest BCUT2D eigenvalue weighted by Gasteiger charge is -2.35. The van der Waals surface area contributed by atoms with Gasteiger partial charge < -0.3 is 14.7 Å². The number of amides is 2. The maximum Gasteiger partial charge on any atom is 0.322 e. The SMILES string of the molecule is O=C(Nc1cccc(Cl)c1F)N1CCCC(F)(c2nc(-c3cccnc3)no2)C1. The van der Waals surface area contributed by atoms with Gasteiger partial charge in [0.2, 0.25) is 11.5 Å². The Balaban J connectivity index is 1.51. The molecule has 1 atom stereocenters. The molecule has 1 aromatic carbocycles. The number of pyridine rings is 1. The first kappa shape index (κ1) is 19.3. The molecule has 1 N–H and O–H groups in total. The summed E-state index contributed by atoms with van der Waals surface area (Å²) in [6, 6.07) is 7.05. The van der Waals surface area contributed by atoms with Crippen molar-refractivity contribution in [1.82, 2.24) is 20.0 Å². The zero-order valence-corrected chi connectivity index (χ0v) is 15.9. The molecule has 0 saturated carbocycles. The van der Waals surface area contributed by atoms with Gasteiger partial charge in [0, 0.05) is 24.5 Å². The van der Waals surface area contributed by atoms with E-state index in [1.807, 2.05) is 0 Å². The molecule has 10 heteroatoms. The summed E-state index contributed by atoms with van der Waals surface area (Å²) in [5, 5.41) is 6.13. The first-order chi connectivity index (χ1) is 14.0. The van der Waals surface area contributed by atoms with Crippen LogP contribution in [0.2, 0.25) is 5.02 Å². The average Bonchev–Trinajstić information content (AvgIpc) is 3.23. The highest BCUT2D eigenvalue weighted by atomic mass is 35.5. The minimum absolute atomic E-state index is 0.0748. The molecule has 150 valence electrons. The Morgan fingerprint density at radius 1 is 1.31 bits per heavy atom. The van der Waals surface area contributed by atoms with Crippen molar-refractivity contribution in [3.05, 3.63) is 59.5 Å². The molecule has 2 aromatic heterocycles. The summed E-state index contributed by atoms with van der Waals surface area (Å²) >= 11 is 5.73. The molecule has 1 saturated heterocycles. The number of halogens is 3. The fourth-order valence-corrected chi connectivity index (χ4v) is 3.35. The van der Waals surface area contributed by atoms with Gasteiger partial charge in [-0.25, -0.2) is 13.6 Å². The lowest BCUT2D eigenvalue weighted by atomic mass is 9.94.